The van der Waals surface area contributed by atoms with E-state index in [1.165, 1.54) is 11.0 Å². The van der Waals surface area contributed by atoms with E-state index in [0.717, 1.165) is 11.1 Å². The number of hydrogen-bond acceptors (Lipinski definition) is 8. The van der Waals surface area contributed by atoms with Crippen molar-refractivity contribution in [2.45, 2.75) is 115 Å². The van der Waals surface area contributed by atoms with Crippen LogP contribution >= 0.6 is 0 Å². The molecule has 1 aromatic rings. The second kappa shape index (κ2) is 12.0. The Kier molecular flexibility index (Phi) is 9.21. The van der Waals surface area contributed by atoms with E-state index in [9.17, 15) is 32.7 Å². The van der Waals surface area contributed by atoms with Gasteiger partial charge in [-0.3, -0.25) is 19.1 Å². The molecule has 3 aliphatic rings. The van der Waals surface area contributed by atoms with Crippen molar-refractivity contribution < 1.29 is 37.4 Å². The fourth-order valence-corrected chi connectivity index (χ4v) is 7.43. The summed E-state index contributed by atoms with van der Waals surface area (Å²) in [5.74, 6) is -2.75. The van der Waals surface area contributed by atoms with Crippen molar-refractivity contribution in [1.29, 1.82) is 0 Å². The number of alkyl carbamates (subject to hydrolysis) is 1. The van der Waals surface area contributed by atoms with E-state index < -0.39 is 79.2 Å². The summed E-state index contributed by atoms with van der Waals surface area (Å²) >= 11 is 0. The summed E-state index contributed by atoms with van der Waals surface area (Å²) < 4.78 is 32.7. The van der Waals surface area contributed by atoms with Crippen LogP contribution in [0.2, 0.25) is 0 Å². The molecule has 5 atom stereocenters. The maximum atomic E-state index is 14.4. The van der Waals surface area contributed by atoms with Crippen LogP contribution in [0.1, 0.15) is 83.9 Å². The zero-order valence-corrected chi connectivity index (χ0v) is 28.8. The first kappa shape index (κ1) is 35.4. The average Bonchev–Trinajstić information content (AvgIpc) is 3.82. The van der Waals surface area contributed by atoms with Crippen LogP contribution in [0, 0.1) is 25.2 Å². The molecule has 254 valence electrons. The molecule has 1 saturated heterocycles. The minimum Gasteiger partial charge on any atom is -0.444 e. The van der Waals surface area contributed by atoms with Gasteiger partial charge in [0.25, 0.3) is 5.91 Å². The van der Waals surface area contributed by atoms with Crippen LogP contribution in [0.15, 0.2) is 30.9 Å². The average molecular weight is 661 g/mol. The number of β-amino-alcohol motifs (C(OH)–C–C–N with tert-alkyl or cyclic N) is 1. The van der Waals surface area contributed by atoms with E-state index in [2.05, 4.69) is 21.9 Å². The first-order valence-electron chi connectivity index (χ1n) is 15.6. The van der Waals surface area contributed by atoms with Crippen molar-refractivity contribution in [3.05, 3.63) is 47.5 Å². The molecule has 2 saturated carbocycles. The number of rotatable bonds is 9. The van der Waals surface area contributed by atoms with Gasteiger partial charge in [0.15, 0.2) is 0 Å². The second-order valence-corrected chi connectivity index (χ2v) is 17.2. The number of nitrogens with one attached hydrogen (secondary N) is 3. The summed E-state index contributed by atoms with van der Waals surface area (Å²) in [6.07, 6.45) is 1.50. The molecule has 12 nitrogen and oxygen atoms in total. The predicted molar refractivity (Wildman–Crippen MR) is 172 cm³/mol. The fourth-order valence-electron chi connectivity index (χ4n) is 6.06. The highest BCUT2D eigenvalue weighted by molar-refractivity contribution is 7.91. The quantitative estimate of drug-likeness (QED) is 0.293. The number of aliphatic hydroxyl groups is 1. The largest absolute Gasteiger partial charge is 0.444 e. The predicted octanol–water partition coefficient (Wildman–Crippen LogP) is 2.70. The summed E-state index contributed by atoms with van der Waals surface area (Å²) in [7, 11) is -3.90. The van der Waals surface area contributed by atoms with E-state index in [-0.39, 0.29) is 19.4 Å². The van der Waals surface area contributed by atoms with Crippen LogP contribution in [0.25, 0.3) is 0 Å². The Balaban J connectivity index is 1.69. The minimum absolute atomic E-state index is 0.126. The number of carbonyl (C=O) groups excluding carboxylic acids is 4. The maximum absolute atomic E-state index is 14.4. The lowest BCUT2D eigenvalue weighted by Crippen LogP contribution is -2.60. The molecule has 1 aromatic carbocycles. The van der Waals surface area contributed by atoms with Crippen LogP contribution in [-0.4, -0.2) is 77.3 Å². The number of carbonyl (C=O) groups is 4. The molecular weight excluding hydrogens is 612 g/mol. The first-order valence-corrected chi connectivity index (χ1v) is 17.2. The van der Waals surface area contributed by atoms with Gasteiger partial charge in [-0.1, -0.05) is 56.2 Å². The summed E-state index contributed by atoms with van der Waals surface area (Å²) in [5.41, 5.74) is -2.60. The van der Waals surface area contributed by atoms with Gasteiger partial charge in [-0.25, -0.2) is 13.2 Å². The zero-order chi connectivity index (χ0) is 34.6. The number of benzene rings is 1. The molecule has 1 heterocycles. The number of sulfonamides is 1. The van der Waals surface area contributed by atoms with Crippen molar-refractivity contribution in [1.82, 2.24) is 20.3 Å². The number of likely N-dealkylation sites (tertiary alicyclic amines) is 1. The molecule has 46 heavy (non-hydrogen) atoms. The molecule has 4 rings (SSSR count). The molecule has 2 aliphatic carbocycles. The second-order valence-electron chi connectivity index (χ2n) is 15.2. The standard InChI is InChI=1S/C33H48N4O8S/c1-10-21-16-33(21,28(40)36-46(43,44)23-11-12-23)35-26(38)24-17-32(42,22-14-19(2)13-20(3)15-22)18-37(24)27(39)25(30(4,5)6)34-29(41)45-31(7,8)9/h10,13-15,21,23-25,42H,1,11-12,16-18H2,2-9H3,(H,34,41)(H,35,38)(H,36,40)/t21-,24+,25-,32+,33-/m1/s1. The van der Waals surface area contributed by atoms with Crippen LogP contribution in [0.4, 0.5) is 4.79 Å². The molecule has 0 unspecified atom stereocenters. The Labute approximate surface area is 271 Å². The lowest BCUT2D eigenvalue weighted by atomic mass is 9.85. The van der Waals surface area contributed by atoms with Gasteiger partial charge < -0.3 is 25.4 Å². The number of aryl methyl sites for hydroxylation is 2. The highest BCUT2D eigenvalue weighted by Crippen LogP contribution is 2.46. The summed E-state index contributed by atoms with van der Waals surface area (Å²) in [6, 6.07) is 3.11. The van der Waals surface area contributed by atoms with Gasteiger partial charge in [0.1, 0.15) is 28.8 Å². The lowest BCUT2D eigenvalue weighted by molar-refractivity contribution is -0.143. The number of hydrogen-bond donors (Lipinski definition) is 4. The van der Waals surface area contributed by atoms with E-state index >= 15 is 0 Å². The molecule has 3 fully saturated rings. The molecule has 4 amide bonds. The molecule has 0 aromatic heterocycles. The van der Waals surface area contributed by atoms with Crippen LogP contribution in [0.3, 0.4) is 0 Å². The van der Waals surface area contributed by atoms with Crippen molar-refractivity contribution in [3.8, 4) is 0 Å². The summed E-state index contributed by atoms with van der Waals surface area (Å²) in [6.45, 7) is 17.6. The Bertz CT molecular complexity index is 1520. The maximum Gasteiger partial charge on any atom is 0.408 e. The third kappa shape index (κ3) is 7.57. The highest BCUT2D eigenvalue weighted by atomic mass is 32.2. The minimum atomic E-state index is -3.90. The SMILES string of the molecule is C=C[C@@H]1C[C@]1(NC(=O)[C@@H]1C[C@@](O)(c2cc(C)cc(C)c2)CN1C(=O)[C@@H](NC(=O)OC(C)(C)C)C(C)(C)C)C(=O)NS(=O)(=O)C1CC1. The summed E-state index contributed by atoms with van der Waals surface area (Å²) in [5, 5.41) is 16.8. The fraction of sp³-hybridized carbons (Fsp3) is 0.636. The van der Waals surface area contributed by atoms with Crippen molar-refractivity contribution >= 4 is 33.8 Å². The molecule has 0 bridgehead atoms. The normalized spacial score (nSPS) is 26.9. The topological polar surface area (TPSA) is 171 Å². The Morgan fingerprint density at radius 2 is 1.63 bits per heavy atom. The third-order valence-corrected chi connectivity index (χ3v) is 10.5. The van der Waals surface area contributed by atoms with Gasteiger partial charge in [0.05, 0.1) is 11.8 Å². The van der Waals surface area contributed by atoms with Gasteiger partial charge >= 0.3 is 6.09 Å². The summed E-state index contributed by atoms with van der Waals surface area (Å²) in [4.78, 5) is 55.9. The first-order chi connectivity index (χ1) is 21.0. The smallest absolute Gasteiger partial charge is 0.408 e. The van der Waals surface area contributed by atoms with Gasteiger partial charge in [-0.2, -0.15) is 0 Å². The number of nitrogens with zero attached hydrogens (tertiary/aromatic N) is 1. The van der Waals surface area contributed by atoms with Crippen LogP contribution < -0.4 is 15.4 Å². The molecular formula is C33H48N4O8S. The molecule has 13 heteroatoms. The zero-order valence-electron chi connectivity index (χ0n) is 28.0. The van der Waals surface area contributed by atoms with Crippen molar-refractivity contribution in [3.63, 3.8) is 0 Å². The Morgan fingerprint density at radius 3 is 2.11 bits per heavy atom. The molecule has 0 spiro atoms. The Morgan fingerprint density at radius 1 is 1.04 bits per heavy atom. The molecule has 4 N–H and O–H groups in total. The van der Waals surface area contributed by atoms with E-state index in [4.69, 9.17) is 4.74 Å². The van der Waals surface area contributed by atoms with Crippen molar-refractivity contribution in [2.75, 3.05) is 6.54 Å². The van der Waals surface area contributed by atoms with Gasteiger partial charge in [0, 0.05) is 12.3 Å². The van der Waals surface area contributed by atoms with Crippen LogP contribution in [0.5, 0.6) is 0 Å². The van der Waals surface area contributed by atoms with Gasteiger partial charge in [-0.15, -0.1) is 6.58 Å². The lowest BCUT2D eigenvalue weighted by Gasteiger charge is -2.36. The number of ether oxygens (including phenoxy) is 1. The van der Waals surface area contributed by atoms with E-state index in [1.54, 1.807) is 53.7 Å². The van der Waals surface area contributed by atoms with E-state index in [1.807, 2.05) is 19.9 Å². The monoisotopic (exact) mass is 660 g/mol. The van der Waals surface area contributed by atoms with Gasteiger partial charge in [-0.05, 0) is 64.9 Å². The highest BCUT2D eigenvalue weighted by Gasteiger charge is 2.62. The molecule has 1 aliphatic heterocycles. The van der Waals surface area contributed by atoms with Crippen LogP contribution in [-0.2, 0) is 34.7 Å². The Hall–Kier alpha value is -3.45. The molecule has 0 radical (unpaired) electrons. The number of amides is 4. The van der Waals surface area contributed by atoms with Gasteiger partial charge in [0.2, 0.25) is 21.8 Å². The third-order valence-electron chi connectivity index (χ3n) is 8.71. The van der Waals surface area contributed by atoms with E-state index in [0.29, 0.717) is 18.4 Å². The van der Waals surface area contributed by atoms with Crippen molar-refractivity contribution in [2.24, 2.45) is 11.3 Å².